The third-order valence-electron chi connectivity index (χ3n) is 6.82. The van der Waals surface area contributed by atoms with Crippen molar-refractivity contribution in [3.05, 3.63) is 11.6 Å². The zero-order chi connectivity index (χ0) is 17.3. The molecule has 2 saturated carbocycles. The molecule has 1 spiro atoms. The smallest absolute Gasteiger partial charge is 0.219 e. The lowest BCUT2D eigenvalue weighted by molar-refractivity contribution is -0.255. The van der Waals surface area contributed by atoms with Crippen molar-refractivity contribution in [3.63, 3.8) is 0 Å². The Kier molecular flexibility index (Phi) is 3.93. The topological polar surface area (TPSA) is 27.7 Å². The summed E-state index contributed by atoms with van der Waals surface area (Å²) < 4.78 is 19.5. The van der Waals surface area contributed by atoms with Gasteiger partial charge < -0.3 is 14.2 Å². The van der Waals surface area contributed by atoms with Gasteiger partial charge in [0.1, 0.15) is 6.10 Å². The summed E-state index contributed by atoms with van der Waals surface area (Å²) in [5.74, 6) is 0.962. The third kappa shape index (κ3) is 2.27. The Hall–Kier alpha value is -0.100. The minimum absolute atomic E-state index is 0.0420. The summed E-state index contributed by atoms with van der Waals surface area (Å²) in [5.41, 5.74) is 1.59. The van der Waals surface area contributed by atoms with Crippen LogP contribution in [0.5, 0.6) is 0 Å². The lowest BCUT2D eigenvalue weighted by Gasteiger charge is -2.58. The molecule has 5 heteroatoms. The first kappa shape index (κ1) is 17.3. The molecule has 134 valence electrons. The maximum absolute atomic E-state index is 6.33. The van der Waals surface area contributed by atoms with Gasteiger partial charge in [-0.2, -0.15) is 0 Å². The highest BCUT2D eigenvalue weighted by Gasteiger charge is 2.70. The van der Waals surface area contributed by atoms with Gasteiger partial charge in [-0.15, -0.1) is 0 Å². The second kappa shape index (κ2) is 5.45. The van der Waals surface area contributed by atoms with Gasteiger partial charge in [-0.1, -0.05) is 44.2 Å². The van der Waals surface area contributed by atoms with Crippen molar-refractivity contribution in [3.8, 4) is 0 Å². The average Bonchev–Trinajstić information content (AvgIpc) is 3.01. The highest BCUT2D eigenvalue weighted by atomic mass is 32.2. The molecule has 5 atom stereocenters. The van der Waals surface area contributed by atoms with Gasteiger partial charge in [0, 0.05) is 23.7 Å². The number of hydrogen-bond donors (Lipinski definition) is 0. The zero-order valence-electron chi connectivity index (χ0n) is 15.3. The Bertz CT molecular complexity index is 593. The first-order valence-corrected chi connectivity index (χ1v) is 10.6. The second-order valence-corrected chi connectivity index (χ2v) is 10.3. The van der Waals surface area contributed by atoms with E-state index >= 15 is 0 Å². The molecule has 5 aliphatic rings. The molecule has 0 N–H and O–H groups in total. The summed E-state index contributed by atoms with van der Waals surface area (Å²) in [6.07, 6.45) is 6.72. The predicted octanol–water partition coefficient (Wildman–Crippen LogP) is 4.41. The summed E-state index contributed by atoms with van der Waals surface area (Å²) in [6.45, 7) is 10.7. The van der Waals surface area contributed by atoms with E-state index < -0.39 is 5.79 Å². The van der Waals surface area contributed by atoms with Crippen LogP contribution in [-0.2, 0) is 14.2 Å². The molecular weight excluding hydrogens is 340 g/mol. The highest BCUT2D eigenvalue weighted by molar-refractivity contribution is 8.22. The number of thiocarbonyl (C=S) groups is 1. The van der Waals surface area contributed by atoms with E-state index in [1.54, 1.807) is 0 Å². The van der Waals surface area contributed by atoms with Gasteiger partial charge >= 0.3 is 0 Å². The minimum atomic E-state index is -0.403. The van der Waals surface area contributed by atoms with Gasteiger partial charge in [-0.05, 0) is 43.2 Å². The molecule has 2 bridgehead atoms. The first-order chi connectivity index (χ1) is 11.2. The van der Waals surface area contributed by atoms with E-state index in [9.17, 15) is 0 Å². The van der Waals surface area contributed by atoms with Crippen molar-refractivity contribution in [2.45, 2.75) is 52.4 Å². The van der Waals surface area contributed by atoms with E-state index in [0.29, 0.717) is 22.1 Å². The number of rotatable bonds is 1. The maximum Gasteiger partial charge on any atom is 0.219 e. The summed E-state index contributed by atoms with van der Waals surface area (Å²) in [6, 6.07) is 0. The van der Waals surface area contributed by atoms with Crippen LogP contribution in [0.15, 0.2) is 11.6 Å². The van der Waals surface area contributed by atoms with Crippen molar-refractivity contribution >= 4 is 28.4 Å². The highest BCUT2D eigenvalue weighted by Crippen LogP contribution is 2.69. The van der Waals surface area contributed by atoms with Gasteiger partial charge in [0.2, 0.25) is 4.38 Å². The van der Waals surface area contributed by atoms with Crippen molar-refractivity contribution in [2.75, 3.05) is 19.5 Å². The summed E-state index contributed by atoms with van der Waals surface area (Å²) in [7, 11) is 0. The third-order valence-corrected chi connectivity index (χ3v) is 7.85. The van der Waals surface area contributed by atoms with Crippen LogP contribution in [0, 0.1) is 28.6 Å². The number of ether oxygens (including phenoxy) is 3. The Labute approximate surface area is 154 Å². The fourth-order valence-electron chi connectivity index (χ4n) is 6.38. The zero-order valence-corrected chi connectivity index (χ0v) is 16.9. The monoisotopic (exact) mass is 368 g/mol. The van der Waals surface area contributed by atoms with E-state index in [2.05, 4.69) is 33.8 Å². The van der Waals surface area contributed by atoms with Crippen LogP contribution in [0.1, 0.15) is 40.5 Å². The fraction of sp³-hybridized carbons (Fsp3) is 0.842. The van der Waals surface area contributed by atoms with Crippen LogP contribution in [0.3, 0.4) is 0 Å². The summed E-state index contributed by atoms with van der Waals surface area (Å²) >= 11 is 6.95. The van der Waals surface area contributed by atoms with Crippen molar-refractivity contribution in [1.29, 1.82) is 0 Å². The lowest BCUT2D eigenvalue weighted by atomic mass is 9.51. The Morgan fingerprint density at radius 1 is 1.29 bits per heavy atom. The van der Waals surface area contributed by atoms with Crippen molar-refractivity contribution < 1.29 is 14.2 Å². The van der Waals surface area contributed by atoms with Crippen LogP contribution < -0.4 is 0 Å². The van der Waals surface area contributed by atoms with Crippen LogP contribution in [0.2, 0.25) is 0 Å². The van der Waals surface area contributed by atoms with Gasteiger partial charge in [0.15, 0.2) is 5.79 Å². The minimum Gasteiger partial charge on any atom is -0.474 e. The SMILES string of the molecule is CSC(=S)O[C@H]1[C@@H]2[C@H](CC1(C)C)[C@@H]1C(C)=C[C@@]2(C)CC12OCCO2. The Morgan fingerprint density at radius 3 is 2.58 bits per heavy atom. The van der Waals surface area contributed by atoms with Crippen molar-refractivity contribution in [1.82, 2.24) is 0 Å². The normalized spacial score (nSPS) is 44.5. The van der Waals surface area contributed by atoms with Crippen LogP contribution in [0.4, 0.5) is 0 Å². The van der Waals surface area contributed by atoms with Crippen LogP contribution >= 0.6 is 24.0 Å². The predicted molar refractivity (Wildman–Crippen MR) is 101 cm³/mol. The van der Waals surface area contributed by atoms with Crippen LogP contribution in [-0.4, -0.2) is 35.7 Å². The molecule has 0 aromatic rings. The van der Waals surface area contributed by atoms with Gasteiger partial charge in [-0.25, -0.2) is 0 Å². The molecule has 0 aromatic heterocycles. The molecule has 0 aromatic carbocycles. The summed E-state index contributed by atoms with van der Waals surface area (Å²) in [5, 5.41) is 0. The van der Waals surface area contributed by atoms with E-state index in [1.807, 2.05) is 6.26 Å². The van der Waals surface area contributed by atoms with Crippen LogP contribution in [0.25, 0.3) is 0 Å². The van der Waals surface area contributed by atoms with E-state index in [4.69, 9.17) is 26.4 Å². The molecule has 24 heavy (non-hydrogen) atoms. The molecule has 3 nitrogen and oxygen atoms in total. The van der Waals surface area contributed by atoms with Gasteiger partial charge in [0.25, 0.3) is 0 Å². The van der Waals surface area contributed by atoms with E-state index in [0.717, 1.165) is 26.1 Å². The van der Waals surface area contributed by atoms with Gasteiger partial charge in [-0.3, -0.25) is 0 Å². The number of thioether (sulfide) groups is 1. The van der Waals surface area contributed by atoms with Crippen molar-refractivity contribution in [2.24, 2.45) is 28.6 Å². The summed E-state index contributed by atoms with van der Waals surface area (Å²) in [4.78, 5) is 0. The van der Waals surface area contributed by atoms with E-state index in [-0.39, 0.29) is 16.9 Å². The lowest BCUT2D eigenvalue weighted by Crippen LogP contribution is -2.60. The number of hydrogen-bond acceptors (Lipinski definition) is 5. The Balaban J connectivity index is 1.76. The van der Waals surface area contributed by atoms with E-state index in [1.165, 1.54) is 17.3 Å². The molecule has 1 saturated heterocycles. The maximum atomic E-state index is 6.33. The largest absolute Gasteiger partial charge is 0.474 e. The average molecular weight is 369 g/mol. The Morgan fingerprint density at radius 2 is 1.96 bits per heavy atom. The molecule has 0 unspecified atom stereocenters. The number of allylic oxidation sites excluding steroid dienone is 1. The quantitative estimate of drug-likeness (QED) is 0.505. The molecule has 0 amide bonds. The van der Waals surface area contributed by atoms with Gasteiger partial charge in [0.05, 0.1) is 13.2 Å². The standard InChI is InChI=1S/C19H28O3S2/c1-11-8-18(4)10-19(20-6-7-21-19)13(11)12-9-17(2,3)15(14(12)18)22-16(23)24-5/h8,12-15H,6-7,9-10H2,1-5H3/t12-,13+,14+,15+,18+/m1/s1. The molecule has 5 rings (SSSR count). The fourth-order valence-corrected chi connectivity index (χ4v) is 6.69. The second-order valence-electron chi connectivity index (χ2n) is 8.93. The molecular formula is C19H28O3S2. The molecule has 4 aliphatic carbocycles. The molecule has 3 fully saturated rings. The first-order valence-electron chi connectivity index (χ1n) is 8.94. The molecule has 1 aliphatic heterocycles. The molecule has 1 heterocycles. The molecule has 0 radical (unpaired) electrons.